The molecule has 2 fully saturated rings. The molecule has 2 aliphatic rings. The number of nitrogens with zero attached hydrogens (tertiary/aromatic N) is 5. The molecule has 1 saturated heterocycles. The van der Waals surface area contributed by atoms with Gasteiger partial charge in [-0.3, -0.25) is 4.79 Å². The Morgan fingerprint density at radius 1 is 1.09 bits per heavy atom. The second-order valence-corrected chi connectivity index (χ2v) is 6.55. The summed E-state index contributed by atoms with van der Waals surface area (Å²) in [6, 6.07) is 5.52. The molecule has 6 nitrogen and oxygen atoms in total. The van der Waals surface area contributed by atoms with Crippen LogP contribution in [0.2, 0.25) is 0 Å². The SMILES string of the molecule is O=c1ccc(C2CC2)nn1CC1CCN(c2ccncn2)CC1. The molecule has 6 heteroatoms. The second kappa shape index (κ2) is 6.10. The van der Waals surface area contributed by atoms with Crippen molar-refractivity contribution in [3.05, 3.63) is 46.8 Å². The highest BCUT2D eigenvalue weighted by molar-refractivity contribution is 5.36. The smallest absolute Gasteiger partial charge is 0.266 e. The van der Waals surface area contributed by atoms with Crippen molar-refractivity contribution in [2.24, 2.45) is 5.92 Å². The zero-order valence-electron chi connectivity index (χ0n) is 13.1. The van der Waals surface area contributed by atoms with Gasteiger partial charge in [0.2, 0.25) is 0 Å². The average Bonchev–Trinajstić information content (AvgIpc) is 3.43. The molecule has 2 aromatic rings. The highest BCUT2D eigenvalue weighted by Gasteiger charge is 2.26. The molecule has 0 N–H and O–H groups in total. The molecule has 23 heavy (non-hydrogen) atoms. The van der Waals surface area contributed by atoms with Crippen LogP contribution < -0.4 is 10.5 Å². The summed E-state index contributed by atoms with van der Waals surface area (Å²) < 4.78 is 1.68. The maximum absolute atomic E-state index is 12.0. The molecule has 4 rings (SSSR count). The van der Waals surface area contributed by atoms with Crippen LogP contribution in [0.3, 0.4) is 0 Å². The zero-order chi connectivity index (χ0) is 15.6. The fraction of sp³-hybridized carbons (Fsp3) is 0.529. The Hall–Kier alpha value is -2.24. The molecule has 1 aliphatic carbocycles. The monoisotopic (exact) mass is 311 g/mol. The Labute approximate surface area is 135 Å². The van der Waals surface area contributed by atoms with E-state index in [1.54, 1.807) is 23.3 Å². The summed E-state index contributed by atoms with van der Waals surface area (Å²) in [5, 5.41) is 4.58. The first-order valence-electron chi connectivity index (χ1n) is 8.38. The number of aromatic nitrogens is 4. The molecular formula is C17H21N5O. The van der Waals surface area contributed by atoms with Gasteiger partial charge < -0.3 is 4.90 Å². The molecule has 1 saturated carbocycles. The normalized spacial score (nSPS) is 19.0. The number of rotatable bonds is 4. The summed E-state index contributed by atoms with van der Waals surface area (Å²) in [4.78, 5) is 22.6. The van der Waals surface area contributed by atoms with Crippen molar-refractivity contribution in [3.63, 3.8) is 0 Å². The van der Waals surface area contributed by atoms with Crippen molar-refractivity contribution in [3.8, 4) is 0 Å². The van der Waals surface area contributed by atoms with E-state index in [2.05, 4.69) is 20.0 Å². The van der Waals surface area contributed by atoms with Crippen LogP contribution in [0.5, 0.6) is 0 Å². The molecular weight excluding hydrogens is 290 g/mol. The van der Waals surface area contributed by atoms with Gasteiger partial charge in [0, 0.05) is 37.8 Å². The molecule has 0 bridgehead atoms. The van der Waals surface area contributed by atoms with E-state index in [0.717, 1.165) is 44.0 Å². The number of piperidine rings is 1. The Kier molecular flexibility index (Phi) is 3.81. The number of hydrogen-bond donors (Lipinski definition) is 0. The van der Waals surface area contributed by atoms with E-state index in [4.69, 9.17) is 0 Å². The van der Waals surface area contributed by atoms with Crippen molar-refractivity contribution in [2.75, 3.05) is 18.0 Å². The van der Waals surface area contributed by atoms with Crippen LogP contribution in [0.4, 0.5) is 5.82 Å². The van der Waals surface area contributed by atoms with Crippen molar-refractivity contribution in [2.45, 2.75) is 38.1 Å². The van der Waals surface area contributed by atoms with Crippen LogP contribution in [-0.4, -0.2) is 32.8 Å². The van der Waals surface area contributed by atoms with Gasteiger partial charge in [0.05, 0.1) is 5.69 Å². The lowest BCUT2D eigenvalue weighted by atomic mass is 9.97. The van der Waals surface area contributed by atoms with E-state index in [-0.39, 0.29) is 5.56 Å². The van der Waals surface area contributed by atoms with Crippen LogP contribution in [0, 0.1) is 5.92 Å². The predicted molar refractivity (Wildman–Crippen MR) is 87.4 cm³/mol. The Bertz CT molecular complexity index is 717. The molecule has 120 valence electrons. The van der Waals surface area contributed by atoms with E-state index in [1.165, 1.54) is 12.8 Å². The average molecular weight is 311 g/mol. The van der Waals surface area contributed by atoms with E-state index < -0.39 is 0 Å². The van der Waals surface area contributed by atoms with Gasteiger partial charge in [0.15, 0.2) is 0 Å². The van der Waals surface area contributed by atoms with Gasteiger partial charge in [-0.25, -0.2) is 14.6 Å². The first-order valence-corrected chi connectivity index (χ1v) is 8.38. The minimum absolute atomic E-state index is 0.0210. The van der Waals surface area contributed by atoms with Gasteiger partial charge in [-0.05, 0) is 43.7 Å². The van der Waals surface area contributed by atoms with E-state index in [9.17, 15) is 4.79 Å². The molecule has 2 aromatic heterocycles. The van der Waals surface area contributed by atoms with Crippen LogP contribution in [0.15, 0.2) is 35.5 Å². The topological polar surface area (TPSA) is 63.9 Å². The lowest BCUT2D eigenvalue weighted by molar-refractivity contribution is 0.333. The summed E-state index contributed by atoms with van der Waals surface area (Å²) in [5.74, 6) is 2.08. The van der Waals surface area contributed by atoms with Crippen LogP contribution in [-0.2, 0) is 6.54 Å². The molecule has 3 heterocycles. The van der Waals surface area contributed by atoms with Crippen LogP contribution >= 0.6 is 0 Å². The fourth-order valence-electron chi connectivity index (χ4n) is 3.25. The number of hydrogen-bond acceptors (Lipinski definition) is 5. The second-order valence-electron chi connectivity index (χ2n) is 6.55. The third-order valence-electron chi connectivity index (χ3n) is 4.82. The van der Waals surface area contributed by atoms with E-state index >= 15 is 0 Å². The van der Waals surface area contributed by atoms with Gasteiger partial charge >= 0.3 is 0 Å². The first kappa shape index (κ1) is 14.4. The largest absolute Gasteiger partial charge is 0.357 e. The van der Waals surface area contributed by atoms with Crippen molar-refractivity contribution >= 4 is 5.82 Å². The fourth-order valence-corrected chi connectivity index (χ4v) is 3.25. The van der Waals surface area contributed by atoms with Crippen molar-refractivity contribution in [1.82, 2.24) is 19.7 Å². The van der Waals surface area contributed by atoms with Gasteiger partial charge in [0.1, 0.15) is 12.1 Å². The molecule has 0 aromatic carbocycles. The first-order chi connectivity index (χ1) is 11.3. The lowest BCUT2D eigenvalue weighted by Gasteiger charge is -2.32. The quantitative estimate of drug-likeness (QED) is 0.862. The Balaban J connectivity index is 1.40. The van der Waals surface area contributed by atoms with Crippen LogP contribution in [0.1, 0.15) is 37.3 Å². The number of anilines is 1. The molecule has 0 spiro atoms. The van der Waals surface area contributed by atoms with Gasteiger partial charge in [-0.15, -0.1) is 0 Å². The maximum Gasteiger partial charge on any atom is 0.266 e. The third kappa shape index (κ3) is 3.25. The summed E-state index contributed by atoms with van der Waals surface area (Å²) in [5.41, 5.74) is 1.11. The van der Waals surface area contributed by atoms with Gasteiger partial charge in [0.25, 0.3) is 5.56 Å². The summed E-state index contributed by atoms with van der Waals surface area (Å²) in [6.45, 7) is 2.68. The summed E-state index contributed by atoms with van der Waals surface area (Å²) in [7, 11) is 0. The van der Waals surface area contributed by atoms with E-state index in [1.807, 2.05) is 12.1 Å². The highest BCUT2D eigenvalue weighted by Crippen LogP contribution is 2.38. The molecule has 0 atom stereocenters. The van der Waals surface area contributed by atoms with Crippen molar-refractivity contribution < 1.29 is 0 Å². The highest BCUT2D eigenvalue weighted by atomic mass is 16.1. The third-order valence-corrected chi connectivity index (χ3v) is 4.82. The lowest BCUT2D eigenvalue weighted by Crippen LogP contribution is -2.37. The molecule has 0 radical (unpaired) electrons. The zero-order valence-corrected chi connectivity index (χ0v) is 13.1. The Morgan fingerprint density at radius 3 is 2.61 bits per heavy atom. The minimum atomic E-state index is 0.0210. The van der Waals surface area contributed by atoms with E-state index in [0.29, 0.717) is 11.8 Å². The summed E-state index contributed by atoms with van der Waals surface area (Å²) >= 11 is 0. The molecule has 0 amide bonds. The van der Waals surface area contributed by atoms with Gasteiger partial charge in [-0.2, -0.15) is 5.10 Å². The summed E-state index contributed by atoms with van der Waals surface area (Å²) in [6.07, 6.45) is 7.91. The Morgan fingerprint density at radius 2 is 1.91 bits per heavy atom. The van der Waals surface area contributed by atoms with Crippen LogP contribution in [0.25, 0.3) is 0 Å². The molecule has 1 aliphatic heterocycles. The molecule has 0 unspecified atom stereocenters. The van der Waals surface area contributed by atoms with Gasteiger partial charge in [-0.1, -0.05) is 0 Å². The minimum Gasteiger partial charge on any atom is -0.357 e. The predicted octanol–water partition coefficient (Wildman–Crippen LogP) is 1.83. The van der Waals surface area contributed by atoms with Crippen molar-refractivity contribution in [1.29, 1.82) is 0 Å². The standard InChI is InChI=1S/C17H21N5O/c23-17-4-3-15(14-1-2-14)20-22(17)11-13-6-9-21(10-7-13)16-5-8-18-12-19-16/h3-5,8,12-14H,1-2,6-7,9-11H2. The maximum atomic E-state index is 12.0.